The normalized spacial score (nSPS) is 13.3. The number of hydrogen-bond acceptors (Lipinski definition) is 6. The molecule has 4 amide bonds. The Morgan fingerprint density at radius 3 is 2.18 bits per heavy atom. The number of nitrogens with one attached hydrogen (secondary N) is 3. The number of carbonyl (C=O) groups excluding carboxylic acids is 4. The van der Waals surface area contributed by atoms with Crippen LogP contribution in [0.15, 0.2) is 85.1 Å². The van der Waals surface area contributed by atoms with Crippen molar-refractivity contribution in [3.8, 4) is 11.1 Å². The molecule has 0 saturated carbocycles. The zero-order valence-electron chi connectivity index (χ0n) is 36.4. The van der Waals surface area contributed by atoms with Gasteiger partial charge in [0, 0.05) is 62.0 Å². The lowest BCUT2D eigenvalue weighted by molar-refractivity contribution is -0.127. The van der Waals surface area contributed by atoms with Crippen LogP contribution in [0.5, 0.6) is 0 Å². The van der Waals surface area contributed by atoms with Crippen LogP contribution in [0.4, 0.5) is 19.3 Å². The second-order valence-corrected chi connectivity index (χ2v) is 23.6. The number of halogens is 2. The predicted octanol–water partition coefficient (Wildman–Crippen LogP) is 8.59. The molecule has 0 aliphatic carbocycles. The number of anilines is 1. The van der Waals surface area contributed by atoms with E-state index in [1.807, 2.05) is 75.6 Å². The van der Waals surface area contributed by atoms with Crippen molar-refractivity contribution in [3.05, 3.63) is 114 Å². The minimum atomic E-state index is -1.40. The molecule has 0 bridgehead atoms. The van der Waals surface area contributed by atoms with Gasteiger partial charge in [-0.25, -0.2) is 13.6 Å². The van der Waals surface area contributed by atoms with Gasteiger partial charge in [-0.05, 0) is 84.8 Å². The summed E-state index contributed by atoms with van der Waals surface area (Å²) in [5, 5.41) is 8.25. The molecule has 0 aliphatic heterocycles. The topological polar surface area (TPSA) is 148 Å². The van der Waals surface area contributed by atoms with Crippen molar-refractivity contribution in [1.82, 2.24) is 20.1 Å². The molecule has 3 aromatic carbocycles. The number of amides is 4. The highest BCUT2D eigenvalue weighted by Crippen LogP contribution is 2.42. The van der Waals surface area contributed by atoms with Gasteiger partial charge in [0.15, 0.2) is 0 Å². The van der Waals surface area contributed by atoms with Crippen LogP contribution in [0, 0.1) is 23.0 Å². The number of ether oxygens (including phenoxy) is 1. The number of alkyl carbamates (subject to hydrolysis) is 1. The Balaban J connectivity index is 1.70. The largest absolute Gasteiger partial charge is 0.450 e. The lowest BCUT2D eigenvalue weighted by Crippen LogP contribution is -2.50. The smallest absolute Gasteiger partial charge is 0.407 e. The van der Waals surface area contributed by atoms with Crippen LogP contribution in [0.25, 0.3) is 11.1 Å². The highest BCUT2D eigenvalue weighted by molar-refractivity contribution is 6.76. The van der Waals surface area contributed by atoms with Crippen molar-refractivity contribution in [2.45, 2.75) is 98.3 Å². The number of nitrogens with two attached hydrogens (primary N) is 1. The van der Waals surface area contributed by atoms with Gasteiger partial charge in [-0.3, -0.25) is 14.4 Å². The average Bonchev–Trinajstić information content (AvgIpc) is 3.57. The molecule has 11 nitrogen and oxygen atoms in total. The Labute approximate surface area is 354 Å². The first kappa shape index (κ1) is 47.3. The predicted molar refractivity (Wildman–Crippen MR) is 236 cm³/mol. The third kappa shape index (κ3) is 13.6. The first-order valence-corrected chi connectivity index (χ1v) is 24.2. The van der Waals surface area contributed by atoms with Crippen LogP contribution < -0.4 is 21.7 Å². The SMILES string of the molecule is CC(NC(=O)C(N)C(C)C)C(=O)Nc1ccc(C(=O)N(CCCNC(=O)OCC[Si](C)(C)C)C(c2cc(-c3cc(F)ccc3F)cn2Cc2ccccc2)C(C)(C)C)cc1. The Morgan fingerprint density at radius 1 is 0.900 bits per heavy atom. The summed E-state index contributed by atoms with van der Waals surface area (Å²) >= 11 is 0. The van der Waals surface area contributed by atoms with Gasteiger partial charge in [0.05, 0.1) is 18.7 Å². The molecule has 14 heteroatoms. The van der Waals surface area contributed by atoms with Crippen LogP contribution in [0.1, 0.15) is 75.6 Å². The minimum absolute atomic E-state index is 0.0970. The third-order valence-electron chi connectivity index (χ3n) is 10.1. The van der Waals surface area contributed by atoms with E-state index in [-0.39, 0.29) is 30.5 Å². The average molecular weight is 845 g/mol. The highest BCUT2D eigenvalue weighted by Gasteiger charge is 2.38. The second kappa shape index (κ2) is 20.8. The van der Waals surface area contributed by atoms with Gasteiger partial charge < -0.3 is 35.9 Å². The van der Waals surface area contributed by atoms with Gasteiger partial charge in [-0.15, -0.1) is 0 Å². The van der Waals surface area contributed by atoms with Gasteiger partial charge in [0.2, 0.25) is 11.8 Å². The van der Waals surface area contributed by atoms with Crippen molar-refractivity contribution in [3.63, 3.8) is 0 Å². The maximum absolute atomic E-state index is 15.3. The molecule has 0 saturated heterocycles. The Bertz CT molecular complexity index is 2080. The zero-order chi connectivity index (χ0) is 44.4. The molecule has 1 heterocycles. The lowest BCUT2D eigenvalue weighted by Gasteiger charge is -2.41. The Kier molecular flexibility index (Phi) is 16.4. The van der Waals surface area contributed by atoms with E-state index in [0.717, 1.165) is 23.7 Å². The second-order valence-electron chi connectivity index (χ2n) is 18.0. The molecular formula is C46H62F2N6O5Si. The number of hydrogen-bond donors (Lipinski definition) is 4. The van der Waals surface area contributed by atoms with Gasteiger partial charge in [-0.1, -0.05) is 84.6 Å². The summed E-state index contributed by atoms with van der Waals surface area (Å²) in [6.45, 7) is 19.0. The van der Waals surface area contributed by atoms with Crippen molar-refractivity contribution in [1.29, 1.82) is 0 Å². The first-order chi connectivity index (χ1) is 28.1. The number of rotatable bonds is 18. The zero-order valence-corrected chi connectivity index (χ0v) is 37.4. The summed E-state index contributed by atoms with van der Waals surface area (Å²) in [4.78, 5) is 54.7. The minimum Gasteiger partial charge on any atom is -0.450 e. The van der Waals surface area contributed by atoms with Gasteiger partial charge in [0.1, 0.15) is 17.7 Å². The first-order valence-electron chi connectivity index (χ1n) is 20.5. The van der Waals surface area contributed by atoms with Crippen LogP contribution >= 0.6 is 0 Å². The molecule has 5 N–H and O–H groups in total. The lowest BCUT2D eigenvalue weighted by atomic mass is 9.82. The molecule has 60 heavy (non-hydrogen) atoms. The number of aromatic nitrogens is 1. The number of benzene rings is 3. The molecule has 0 aliphatic rings. The number of nitrogens with zero attached hydrogens (tertiary/aromatic N) is 2. The van der Waals surface area contributed by atoms with E-state index in [1.54, 1.807) is 42.3 Å². The summed E-state index contributed by atoms with van der Waals surface area (Å²) < 4.78 is 37.3. The molecule has 324 valence electrons. The molecule has 1 aromatic heterocycles. The fourth-order valence-electron chi connectivity index (χ4n) is 6.69. The van der Waals surface area contributed by atoms with Gasteiger partial charge in [0.25, 0.3) is 5.91 Å². The monoisotopic (exact) mass is 844 g/mol. The summed E-state index contributed by atoms with van der Waals surface area (Å²) in [6.07, 6.45) is 1.65. The summed E-state index contributed by atoms with van der Waals surface area (Å²) in [5.74, 6) is -2.46. The van der Waals surface area contributed by atoms with E-state index in [1.165, 1.54) is 6.07 Å². The van der Waals surface area contributed by atoms with E-state index in [9.17, 15) is 23.6 Å². The number of carbonyl (C=O) groups is 4. The van der Waals surface area contributed by atoms with Crippen LogP contribution in [-0.4, -0.2) is 73.1 Å². The van der Waals surface area contributed by atoms with E-state index in [0.29, 0.717) is 42.1 Å². The third-order valence-corrected chi connectivity index (χ3v) is 11.8. The Hall–Kier alpha value is -5.34. The van der Waals surface area contributed by atoms with E-state index in [4.69, 9.17) is 10.5 Å². The van der Waals surface area contributed by atoms with Crippen molar-refractivity contribution in [2.75, 3.05) is 25.0 Å². The quantitative estimate of drug-likeness (QED) is 0.0583. The molecular weight excluding hydrogens is 783 g/mol. The molecule has 4 rings (SSSR count). The summed E-state index contributed by atoms with van der Waals surface area (Å²) in [6, 6.07) is 20.0. The maximum Gasteiger partial charge on any atom is 0.407 e. The molecule has 0 radical (unpaired) electrons. The van der Waals surface area contributed by atoms with E-state index >= 15 is 4.39 Å². The summed E-state index contributed by atoms with van der Waals surface area (Å²) in [5.41, 5.74) is 8.33. The van der Waals surface area contributed by atoms with Crippen molar-refractivity contribution >= 4 is 37.6 Å². The van der Waals surface area contributed by atoms with Crippen LogP contribution in [0.2, 0.25) is 25.7 Å². The van der Waals surface area contributed by atoms with Gasteiger partial charge in [-0.2, -0.15) is 0 Å². The maximum atomic E-state index is 15.3. The molecule has 0 fully saturated rings. The highest BCUT2D eigenvalue weighted by atomic mass is 28.3. The Morgan fingerprint density at radius 2 is 1.57 bits per heavy atom. The molecule has 3 unspecified atom stereocenters. The van der Waals surface area contributed by atoms with E-state index in [2.05, 4.69) is 35.6 Å². The van der Waals surface area contributed by atoms with Crippen LogP contribution in [0.3, 0.4) is 0 Å². The van der Waals surface area contributed by atoms with Crippen LogP contribution in [-0.2, 0) is 20.9 Å². The molecule has 0 spiro atoms. The van der Waals surface area contributed by atoms with Crippen molar-refractivity contribution < 1.29 is 32.7 Å². The molecule has 4 aromatic rings. The fraction of sp³-hybridized carbons (Fsp3) is 0.435. The van der Waals surface area contributed by atoms with Crippen molar-refractivity contribution in [2.24, 2.45) is 17.1 Å². The molecule has 3 atom stereocenters. The van der Waals surface area contributed by atoms with E-state index < -0.39 is 61.2 Å². The standard InChI is InChI=1S/C46H62F2N6O5Si/c1-30(2)40(49)43(56)51-31(3)42(55)52-36-19-16-33(17-20-36)44(57)54(23-13-22-50-45(58)59-24-25-60(7,8)9)41(46(4,5)6)39-26-34(37-27-35(47)18-21-38(37)48)29-53(39)28-32-14-11-10-12-15-32/h10-12,14-21,26-27,29-31,40-41H,13,22-25,28,49H2,1-9H3,(H,50,58)(H,51,56)(H,52,55). The summed E-state index contributed by atoms with van der Waals surface area (Å²) in [7, 11) is -1.40. The fourth-order valence-corrected chi connectivity index (χ4v) is 7.41. The van der Waals surface area contributed by atoms with Gasteiger partial charge >= 0.3 is 6.09 Å².